The summed E-state index contributed by atoms with van der Waals surface area (Å²) in [5.41, 5.74) is 1.26. The third kappa shape index (κ3) is 4.05. The standard InChI is InChI=1S/C20H28N2O3/c1-4-19(5-2)14-24-20(25-15-19,13-22-10-9-21-16-22)12-17-7-6-8-18(11-17)23-3/h6-11,16H,4-5,12-15H2,1-3H3. The summed E-state index contributed by atoms with van der Waals surface area (Å²) in [6, 6.07) is 8.09. The van der Waals surface area contributed by atoms with Crippen LogP contribution in [0, 0.1) is 5.41 Å². The molecule has 136 valence electrons. The molecular formula is C20H28N2O3. The highest BCUT2D eigenvalue weighted by Gasteiger charge is 2.43. The first-order valence-corrected chi connectivity index (χ1v) is 8.99. The van der Waals surface area contributed by atoms with Gasteiger partial charge >= 0.3 is 0 Å². The average molecular weight is 344 g/mol. The molecule has 0 amide bonds. The summed E-state index contributed by atoms with van der Waals surface area (Å²) in [5, 5.41) is 0. The zero-order chi connectivity index (χ0) is 17.8. The van der Waals surface area contributed by atoms with Gasteiger partial charge in [-0.05, 0) is 30.5 Å². The van der Waals surface area contributed by atoms with E-state index in [4.69, 9.17) is 14.2 Å². The highest BCUT2D eigenvalue weighted by molar-refractivity contribution is 5.29. The van der Waals surface area contributed by atoms with Gasteiger partial charge in [-0.2, -0.15) is 0 Å². The molecule has 0 aliphatic carbocycles. The summed E-state index contributed by atoms with van der Waals surface area (Å²) >= 11 is 0. The molecule has 1 fully saturated rings. The highest BCUT2D eigenvalue weighted by Crippen LogP contribution is 2.38. The van der Waals surface area contributed by atoms with Crippen LogP contribution in [-0.2, 0) is 22.4 Å². The van der Waals surface area contributed by atoms with Gasteiger partial charge in [0.15, 0.2) is 5.79 Å². The van der Waals surface area contributed by atoms with E-state index in [1.54, 1.807) is 13.3 Å². The maximum Gasteiger partial charge on any atom is 0.190 e. The number of hydrogen-bond acceptors (Lipinski definition) is 4. The van der Waals surface area contributed by atoms with E-state index >= 15 is 0 Å². The van der Waals surface area contributed by atoms with Crippen molar-refractivity contribution in [2.75, 3.05) is 20.3 Å². The van der Waals surface area contributed by atoms with Crippen LogP contribution in [0.25, 0.3) is 0 Å². The molecule has 25 heavy (non-hydrogen) atoms. The molecule has 0 unspecified atom stereocenters. The lowest BCUT2D eigenvalue weighted by Gasteiger charge is -2.46. The maximum absolute atomic E-state index is 6.40. The van der Waals surface area contributed by atoms with Crippen molar-refractivity contribution in [1.29, 1.82) is 0 Å². The fraction of sp³-hybridized carbons (Fsp3) is 0.550. The highest BCUT2D eigenvalue weighted by atomic mass is 16.7. The minimum atomic E-state index is -0.680. The van der Waals surface area contributed by atoms with Gasteiger partial charge in [-0.3, -0.25) is 0 Å². The fourth-order valence-corrected chi connectivity index (χ4v) is 3.31. The van der Waals surface area contributed by atoms with Crippen LogP contribution in [-0.4, -0.2) is 35.7 Å². The molecule has 1 aromatic heterocycles. The first-order chi connectivity index (χ1) is 12.1. The molecule has 0 radical (unpaired) electrons. The maximum atomic E-state index is 6.40. The van der Waals surface area contributed by atoms with E-state index in [0.717, 1.165) is 37.4 Å². The van der Waals surface area contributed by atoms with Crippen molar-refractivity contribution in [2.45, 2.75) is 45.4 Å². The molecule has 2 aromatic rings. The van der Waals surface area contributed by atoms with E-state index in [0.29, 0.717) is 13.0 Å². The molecule has 0 saturated carbocycles. The van der Waals surface area contributed by atoms with Gasteiger partial charge in [-0.1, -0.05) is 26.0 Å². The number of aromatic nitrogens is 2. The molecule has 1 aliphatic heterocycles. The summed E-state index contributed by atoms with van der Waals surface area (Å²) in [7, 11) is 1.69. The molecular weight excluding hydrogens is 316 g/mol. The molecule has 2 heterocycles. The average Bonchev–Trinajstić information content (AvgIpc) is 3.16. The monoisotopic (exact) mass is 344 g/mol. The number of benzene rings is 1. The third-order valence-corrected chi connectivity index (χ3v) is 5.37. The van der Waals surface area contributed by atoms with Crippen LogP contribution in [0.3, 0.4) is 0 Å². The van der Waals surface area contributed by atoms with Crippen molar-refractivity contribution in [3.05, 3.63) is 48.5 Å². The first kappa shape index (κ1) is 18.0. The molecule has 5 heteroatoms. The summed E-state index contributed by atoms with van der Waals surface area (Å²) in [6.07, 6.45) is 8.33. The zero-order valence-corrected chi connectivity index (χ0v) is 15.4. The predicted molar refractivity (Wildman–Crippen MR) is 96.6 cm³/mol. The van der Waals surface area contributed by atoms with Crippen LogP contribution in [0.5, 0.6) is 5.75 Å². The van der Waals surface area contributed by atoms with Crippen LogP contribution < -0.4 is 4.74 Å². The Balaban J connectivity index is 1.82. The summed E-state index contributed by atoms with van der Waals surface area (Å²) in [6.45, 7) is 6.48. The molecule has 0 spiro atoms. The van der Waals surface area contributed by atoms with E-state index in [2.05, 4.69) is 24.9 Å². The van der Waals surface area contributed by atoms with Crippen LogP contribution in [0.2, 0.25) is 0 Å². The van der Waals surface area contributed by atoms with Crippen molar-refractivity contribution in [1.82, 2.24) is 9.55 Å². The summed E-state index contributed by atoms with van der Waals surface area (Å²) < 4.78 is 20.2. The summed E-state index contributed by atoms with van der Waals surface area (Å²) in [4.78, 5) is 4.15. The van der Waals surface area contributed by atoms with Crippen molar-refractivity contribution in [3.8, 4) is 5.75 Å². The molecule has 0 atom stereocenters. The number of hydrogen-bond donors (Lipinski definition) is 0. The van der Waals surface area contributed by atoms with Crippen LogP contribution in [0.1, 0.15) is 32.3 Å². The number of methoxy groups -OCH3 is 1. The Morgan fingerprint density at radius 1 is 1.20 bits per heavy atom. The smallest absolute Gasteiger partial charge is 0.190 e. The predicted octanol–water partition coefficient (Wildman–Crippen LogP) is 3.68. The second kappa shape index (κ2) is 7.58. The molecule has 0 bridgehead atoms. The van der Waals surface area contributed by atoms with Crippen LogP contribution in [0.4, 0.5) is 0 Å². The van der Waals surface area contributed by atoms with Gasteiger partial charge in [0.1, 0.15) is 5.75 Å². The van der Waals surface area contributed by atoms with Crippen molar-refractivity contribution in [2.24, 2.45) is 5.41 Å². The van der Waals surface area contributed by atoms with Crippen LogP contribution in [0.15, 0.2) is 43.0 Å². The number of imidazole rings is 1. The van der Waals surface area contributed by atoms with Gasteiger partial charge in [-0.15, -0.1) is 0 Å². The Labute approximate surface area is 149 Å². The Morgan fingerprint density at radius 3 is 2.56 bits per heavy atom. The van der Waals surface area contributed by atoms with E-state index < -0.39 is 5.79 Å². The normalized spacial score (nSPS) is 18.8. The first-order valence-electron chi connectivity index (χ1n) is 8.99. The number of nitrogens with zero attached hydrogens (tertiary/aromatic N) is 2. The summed E-state index contributed by atoms with van der Waals surface area (Å²) in [5.74, 6) is 0.170. The minimum absolute atomic E-state index is 0.118. The minimum Gasteiger partial charge on any atom is -0.497 e. The molecule has 0 N–H and O–H groups in total. The van der Waals surface area contributed by atoms with Gasteiger partial charge in [0, 0.05) is 24.2 Å². The lowest BCUT2D eigenvalue weighted by molar-refractivity contribution is -0.310. The van der Waals surface area contributed by atoms with Crippen molar-refractivity contribution >= 4 is 0 Å². The number of rotatable bonds is 7. The number of ether oxygens (including phenoxy) is 3. The van der Waals surface area contributed by atoms with Crippen LogP contribution >= 0.6 is 0 Å². The molecule has 1 aromatic carbocycles. The van der Waals surface area contributed by atoms with E-state index in [1.165, 1.54) is 0 Å². The third-order valence-electron chi connectivity index (χ3n) is 5.37. The molecule has 1 saturated heterocycles. The van der Waals surface area contributed by atoms with Crippen molar-refractivity contribution in [3.63, 3.8) is 0 Å². The lowest BCUT2D eigenvalue weighted by Crippen LogP contribution is -2.52. The quantitative estimate of drug-likeness (QED) is 0.768. The Bertz CT molecular complexity index is 655. The van der Waals surface area contributed by atoms with Gasteiger partial charge in [-0.25, -0.2) is 4.98 Å². The van der Waals surface area contributed by atoms with Gasteiger partial charge in [0.05, 0.1) is 33.2 Å². The molecule has 3 rings (SSSR count). The lowest BCUT2D eigenvalue weighted by atomic mass is 9.83. The van der Waals surface area contributed by atoms with Gasteiger partial charge in [0.2, 0.25) is 0 Å². The Kier molecular flexibility index (Phi) is 5.45. The second-order valence-electron chi connectivity index (χ2n) is 6.96. The largest absolute Gasteiger partial charge is 0.497 e. The van der Waals surface area contributed by atoms with Gasteiger partial charge < -0.3 is 18.8 Å². The Hall–Kier alpha value is -1.85. The SMILES string of the molecule is CCC1(CC)COC(Cc2cccc(OC)c2)(Cn2ccnc2)OC1. The van der Waals surface area contributed by atoms with E-state index in [9.17, 15) is 0 Å². The topological polar surface area (TPSA) is 45.5 Å². The van der Waals surface area contributed by atoms with E-state index in [1.807, 2.05) is 35.3 Å². The second-order valence-corrected chi connectivity index (χ2v) is 6.96. The Morgan fingerprint density at radius 2 is 1.96 bits per heavy atom. The zero-order valence-electron chi connectivity index (χ0n) is 15.4. The molecule has 1 aliphatic rings. The van der Waals surface area contributed by atoms with Gasteiger partial charge in [0.25, 0.3) is 0 Å². The van der Waals surface area contributed by atoms with E-state index in [-0.39, 0.29) is 5.41 Å². The molecule has 5 nitrogen and oxygen atoms in total. The fourth-order valence-electron chi connectivity index (χ4n) is 3.31. The van der Waals surface area contributed by atoms with Crippen molar-refractivity contribution < 1.29 is 14.2 Å².